The van der Waals surface area contributed by atoms with E-state index in [0.717, 1.165) is 30.8 Å². The highest BCUT2D eigenvalue weighted by atomic mass is 35.5. The number of piperidine rings is 1. The van der Waals surface area contributed by atoms with Gasteiger partial charge in [0, 0.05) is 24.8 Å². The first kappa shape index (κ1) is 20.2. The average Bonchev–Trinajstić information content (AvgIpc) is 2.37. The molecule has 1 saturated heterocycles. The number of nitrogens with two attached hydrogens (primary N) is 1. The van der Waals surface area contributed by atoms with Gasteiger partial charge in [0.1, 0.15) is 0 Å². The summed E-state index contributed by atoms with van der Waals surface area (Å²) in [6.45, 7) is 7.39. The van der Waals surface area contributed by atoms with Crippen molar-refractivity contribution in [3.63, 3.8) is 0 Å². The lowest BCUT2D eigenvalue weighted by molar-refractivity contribution is 0.0572. The molecule has 2 atom stereocenters. The fourth-order valence-corrected chi connectivity index (χ4v) is 2.81. The van der Waals surface area contributed by atoms with Crippen molar-refractivity contribution in [3.8, 4) is 0 Å². The molecule has 1 aromatic heterocycles. The SMILES string of the molecule is Cc1ccc(C(=O)N2CCC(C)CC2CN)c(C)n1.Cl.Cl. The molecule has 0 bridgehead atoms. The van der Waals surface area contributed by atoms with E-state index >= 15 is 0 Å². The highest BCUT2D eigenvalue weighted by molar-refractivity contribution is 5.95. The Bertz CT molecular complexity index is 482. The van der Waals surface area contributed by atoms with Crippen LogP contribution in [0.3, 0.4) is 0 Å². The first-order valence-corrected chi connectivity index (χ1v) is 6.98. The minimum Gasteiger partial charge on any atom is -0.334 e. The number of carbonyl (C=O) groups is 1. The van der Waals surface area contributed by atoms with Crippen molar-refractivity contribution in [2.45, 2.75) is 39.7 Å². The molecule has 1 aliphatic heterocycles. The van der Waals surface area contributed by atoms with Gasteiger partial charge in [-0.05, 0) is 44.7 Å². The quantitative estimate of drug-likeness (QED) is 0.905. The number of aryl methyl sites for hydroxylation is 2. The summed E-state index contributed by atoms with van der Waals surface area (Å²) in [4.78, 5) is 18.9. The molecule has 1 amide bonds. The summed E-state index contributed by atoms with van der Waals surface area (Å²) < 4.78 is 0. The Hall–Kier alpha value is -0.840. The van der Waals surface area contributed by atoms with Crippen LogP contribution < -0.4 is 5.73 Å². The van der Waals surface area contributed by atoms with Crippen LogP contribution in [0, 0.1) is 19.8 Å². The lowest BCUT2D eigenvalue weighted by atomic mass is 9.91. The highest BCUT2D eigenvalue weighted by Gasteiger charge is 2.30. The molecule has 1 aromatic rings. The Kier molecular flexibility index (Phi) is 8.22. The molecule has 0 aromatic carbocycles. The van der Waals surface area contributed by atoms with Crippen molar-refractivity contribution in [3.05, 3.63) is 29.1 Å². The fourth-order valence-electron chi connectivity index (χ4n) is 2.81. The summed E-state index contributed by atoms with van der Waals surface area (Å²) in [5.41, 5.74) is 8.28. The van der Waals surface area contributed by atoms with E-state index in [1.807, 2.05) is 30.9 Å². The molecule has 2 rings (SSSR count). The maximum absolute atomic E-state index is 12.6. The van der Waals surface area contributed by atoms with Crippen LogP contribution in [0.2, 0.25) is 0 Å². The molecule has 2 unspecified atom stereocenters. The Morgan fingerprint density at radius 2 is 2.05 bits per heavy atom. The Morgan fingerprint density at radius 1 is 1.38 bits per heavy atom. The Morgan fingerprint density at radius 3 is 2.62 bits per heavy atom. The van der Waals surface area contributed by atoms with Gasteiger partial charge < -0.3 is 10.6 Å². The minimum absolute atomic E-state index is 0. The fraction of sp³-hybridized carbons (Fsp3) is 0.600. The normalized spacial score (nSPS) is 21.2. The second-order valence-electron chi connectivity index (χ2n) is 5.60. The molecular weight excluding hydrogens is 309 g/mol. The number of amides is 1. The predicted molar refractivity (Wildman–Crippen MR) is 90.5 cm³/mol. The standard InChI is InChI=1S/C15H23N3O.2ClH/c1-10-6-7-18(13(8-10)9-16)15(19)14-5-4-11(2)17-12(14)3;;/h4-5,10,13H,6-9,16H2,1-3H3;2*1H. The largest absolute Gasteiger partial charge is 0.334 e. The summed E-state index contributed by atoms with van der Waals surface area (Å²) in [7, 11) is 0. The number of halogens is 2. The molecule has 1 fully saturated rings. The van der Waals surface area contributed by atoms with Crippen LogP contribution in [-0.4, -0.2) is 34.9 Å². The molecule has 0 saturated carbocycles. The van der Waals surface area contributed by atoms with Gasteiger partial charge in [0.05, 0.1) is 11.3 Å². The van der Waals surface area contributed by atoms with Gasteiger partial charge in [-0.25, -0.2) is 0 Å². The van der Waals surface area contributed by atoms with Gasteiger partial charge >= 0.3 is 0 Å². The number of likely N-dealkylation sites (tertiary alicyclic amines) is 1. The first-order valence-electron chi connectivity index (χ1n) is 6.98. The zero-order valence-corrected chi connectivity index (χ0v) is 14.5. The van der Waals surface area contributed by atoms with Gasteiger partial charge in [0.2, 0.25) is 0 Å². The van der Waals surface area contributed by atoms with Gasteiger partial charge in [0.25, 0.3) is 5.91 Å². The molecule has 2 N–H and O–H groups in total. The number of hydrogen-bond acceptors (Lipinski definition) is 3. The van der Waals surface area contributed by atoms with E-state index in [1.54, 1.807) is 0 Å². The van der Waals surface area contributed by atoms with Crippen LogP contribution in [-0.2, 0) is 0 Å². The maximum atomic E-state index is 12.6. The number of aromatic nitrogens is 1. The molecule has 120 valence electrons. The van der Waals surface area contributed by atoms with Gasteiger partial charge in [-0.3, -0.25) is 9.78 Å². The van der Waals surface area contributed by atoms with Crippen molar-refractivity contribution in [1.82, 2.24) is 9.88 Å². The zero-order valence-electron chi connectivity index (χ0n) is 12.8. The molecule has 21 heavy (non-hydrogen) atoms. The second kappa shape index (κ2) is 8.57. The smallest absolute Gasteiger partial charge is 0.255 e. The van der Waals surface area contributed by atoms with E-state index in [2.05, 4.69) is 11.9 Å². The van der Waals surface area contributed by atoms with Crippen LogP contribution in [0.5, 0.6) is 0 Å². The molecule has 6 heteroatoms. The lowest BCUT2D eigenvalue weighted by Gasteiger charge is -2.38. The van der Waals surface area contributed by atoms with Gasteiger partial charge in [-0.1, -0.05) is 6.92 Å². The van der Waals surface area contributed by atoms with Gasteiger partial charge in [0.15, 0.2) is 0 Å². The third-order valence-corrected chi connectivity index (χ3v) is 3.97. The molecule has 2 heterocycles. The zero-order chi connectivity index (χ0) is 14.0. The summed E-state index contributed by atoms with van der Waals surface area (Å²) in [5, 5.41) is 0. The third kappa shape index (κ3) is 4.56. The topological polar surface area (TPSA) is 59.2 Å². The van der Waals surface area contributed by atoms with E-state index in [0.29, 0.717) is 18.0 Å². The lowest BCUT2D eigenvalue weighted by Crippen LogP contribution is -2.49. The Balaban J connectivity index is 0.00000200. The van der Waals surface area contributed by atoms with Crippen LogP contribution in [0.4, 0.5) is 0 Å². The van der Waals surface area contributed by atoms with Crippen LogP contribution in [0.1, 0.15) is 41.5 Å². The molecule has 0 aliphatic carbocycles. The molecule has 4 nitrogen and oxygen atoms in total. The number of nitrogens with zero attached hydrogens (tertiary/aromatic N) is 2. The monoisotopic (exact) mass is 333 g/mol. The van der Waals surface area contributed by atoms with Crippen molar-refractivity contribution < 1.29 is 4.79 Å². The first-order chi connectivity index (χ1) is 9.02. The average molecular weight is 334 g/mol. The van der Waals surface area contributed by atoms with E-state index < -0.39 is 0 Å². The van der Waals surface area contributed by atoms with Gasteiger partial charge in [-0.2, -0.15) is 0 Å². The Labute approximate surface area is 139 Å². The summed E-state index contributed by atoms with van der Waals surface area (Å²) in [6.07, 6.45) is 2.06. The van der Waals surface area contributed by atoms with E-state index in [-0.39, 0.29) is 36.8 Å². The van der Waals surface area contributed by atoms with E-state index in [1.165, 1.54) is 0 Å². The van der Waals surface area contributed by atoms with Crippen LogP contribution in [0.25, 0.3) is 0 Å². The second-order valence-corrected chi connectivity index (χ2v) is 5.60. The number of rotatable bonds is 2. The number of carbonyl (C=O) groups excluding carboxylic acids is 1. The number of pyridine rings is 1. The van der Waals surface area contributed by atoms with Crippen molar-refractivity contribution in [1.29, 1.82) is 0 Å². The molecular formula is C15H25Cl2N3O. The summed E-state index contributed by atoms with van der Waals surface area (Å²) in [5.74, 6) is 0.724. The molecule has 0 spiro atoms. The summed E-state index contributed by atoms with van der Waals surface area (Å²) >= 11 is 0. The highest BCUT2D eigenvalue weighted by Crippen LogP contribution is 2.24. The van der Waals surface area contributed by atoms with Crippen molar-refractivity contribution >= 4 is 30.7 Å². The van der Waals surface area contributed by atoms with Crippen LogP contribution >= 0.6 is 24.8 Å². The molecule has 0 radical (unpaired) electrons. The van der Waals surface area contributed by atoms with Crippen molar-refractivity contribution in [2.24, 2.45) is 11.7 Å². The van der Waals surface area contributed by atoms with E-state index in [9.17, 15) is 4.79 Å². The predicted octanol–water partition coefficient (Wildman–Crippen LogP) is 2.74. The minimum atomic E-state index is 0. The van der Waals surface area contributed by atoms with Crippen LogP contribution in [0.15, 0.2) is 12.1 Å². The maximum Gasteiger partial charge on any atom is 0.255 e. The number of hydrogen-bond donors (Lipinski definition) is 1. The van der Waals surface area contributed by atoms with E-state index in [4.69, 9.17) is 5.73 Å². The third-order valence-electron chi connectivity index (χ3n) is 3.97. The molecule has 1 aliphatic rings. The van der Waals surface area contributed by atoms with Crippen molar-refractivity contribution in [2.75, 3.05) is 13.1 Å². The summed E-state index contributed by atoms with van der Waals surface area (Å²) in [6, 6.07) is 3.94. The van der Waals surface area contributed by atoms with Gasteiger partial charge in [-0.15, -0.1) is 24.8 Å².